The number of hydrogen-bond donors (Lipinski definition) is 1. The molecule has 0 radical (unpaired) electrons. The zero-order valence-corrected chi connectivity index (χ0v) is 15.2. The minimum Gasteiger partial charge on any atom is -0.346 e. The number of anilines is 1. The van der Waals surface area contributed by atoms with Crippen molar-refractivity contribution < 1.29 is 0 Å². The molecule has 0 aliphatic heterocycles. The van der Waals surface area contributed by atoms with Crippen molar-refractivity contribution in [1.82, 2.24) is 10.3 Å². The summed E-state index contributed by atoms with van der Waals surface area (Å²) in [6, 6.07) is 2.17. The number of nitrogens with zero attached hydrogens (tertiary/aromatic N) is 2. The van der Waals surface area contributed by atoms with Gasteiger partial charge in [0.25, 0.3) is 0 Å². The van der Waals surface area contributed by atoms with Crippen LogP contribution >= 0.6 is 38.6 Å². The van der Waals surface area contributed by atoms with Gasteiger partial charge in [-0.2, -0.15) is 0 Å². The van der Waals surface area contributed by atoms with Gasteiger partial charge < -0.3 is 10.2 Å². The van der Waals surface area contributed by atoms with Crippen LogP contribution in [0.25, 0.3) is 0 Å². The minimum atomic E-state index is 0.674. The van der Waals surface area contributed by atoms with E-state index in [0.29, 0.717) is 5.92 Å². The van der Waals surface area contributed by atoms with Crippen molar-refractivity contribution in [3.8, 4) is 0 Å². The predicted octanol–water partition coefficient (Wildman–Crippen LogP) is 4.35. The predicted molar refractivity (Wildman–Crippen MR) is 92.8 cm³/mol. The number of thiazole rings is 1. The number of thiophene rings is 1. The Balaban J connectivity index is 1.87. The second-order valence-corrected chi connectivity index (χ2v) is 7.98. The Bertz CT molecular complexity index is 536. The summed E-state index contributed by atoms with van der Waals surface area (Å²) in [6.45, 7) is 7.22. The van der Waals surface area contributed by atoms with Crippen LogP contribution in [0, 0.1) is 5.92 Å². The first-order valence-corrected chi connectivity index (χ1v) is 9.19. The standard InChI is InChI=1S/C14H20BrN3S2/c1-10(2)5-16-6-12-9-20-14(17-12)18(3)7-13-4-11(15)8-19-13/h4,8-10,16H,5-7H2,1-3H3. The van der Waals surface area contributed by atoms with E-state index in [-0.39, 0.29) is 0 Å². The zero-order valence-electron chi connectivity index (χ0n) is 12.0. The van der Waals surface area contributed by atoms with Gasteiger partial charge in [-0.15, -0.1) is 22.7 Å². The van der Waals surface area contributed by atoms with Gasteiger partial charge in [0.05, 0.1) is 12.2 Å². The Morgan fingerprint density at radius 2 is 2.15 bits per heavy atom. The lowest BCUT2D eigenvalue weighted by Gasteiger charge is -2.14. The fourth-order valence-electron chi connectivity index (χ4n) is 1.78. The van der Waals surface area contributed by atoms with Crippen molar-refractivity contribution in [3.63, 3.8) is 0 Å². The molecule has 110 valence electrons. The summed E-state index contributed by atoms with van der Waals surface area (Å²) >= 11 is 6.98. The van der Waals surface area contributed by atoms with Gasteiger partial charge in [0.2, 0.25) is 0 Å². The molecule has 0 bridgehead atoms. The van der Waals surface area contributed by atoms with Crippen molar-refractivity contribution in [3.05, 3.63) is 31.9 Å². The summed E-state index contributed by atoms with van der Waals surface area (Å²) in [5.74, 6) is 0.674. The molecule has 0 aromatic carbocycles. The largest absolute Gasteiger partial charge is 0.346 e. The molecule has 0 atom stereocenters. The molecule has 2 heterocycles. The van der Waals surface area contributed by atoms with Crippen LogP contribution in [-0.2, 0) is 13.1 Å². The first-order chi connectivity index (χ1) is 9.54. The van der Waals surface area contributed by atoms with Gasteiger partial charge in [-0.1, -0.05) is 13.8 Å². The van der Waals surface area contributed by atoms with Gasteiger partial charge in [0.15, 0.2) is 5.13 Å². The van der Waals surface area contributed by atoms with Crippen LogP contribution < -0.4 is 10.2 Å². The van der Waals surface area contributed by atoms with E-state index in [0.717, 1.165) is 34.9 Å². The van der Waals surface area contributed by atoms with Gasteiger partial charge in [0, 0.05) is 33.7 Å². The number of rotatable bonds is 7. The van der Waals surface area contributed by atoms with Crippen molar-refractivity contribution >= 4 is 43.7 Å². The molecule has 0 aliphatic rings. The van der Waals surface area contributed by atoms with Gasteiger partial charge in [-0.05, 0) is 34.5 Å². The van der Waals surface area contributed by atoms with Crippen LogP contribution in [0.2, 0.25) is 0 Å². The van der Waals surface area contributed by atoms with E-state index in [1.165, 1.54) is 4.88 Å². The molecule has 2 aromatic rings. The number of aromatic nitrogens is 1. The van der Waals surface area contributed by atoms with Crippen LogP contribution in [0.4, 0.5) is 5.13 Å². The lowest BCUT2D eigenvalue weighted by atomic mass is 10.2. The van der Waals surface area contributed by atoms with Crippen molar-refractivity contribution in [1.29, 1.82) is 0 Å². The average Bonchev–Trinajstić information content (AvgIpc) is 2.98. The second-order valence-electron chi connectivity index (χ2n) is 5.23. The fraction of sp³-hybridized carbons (Fsp3) is 0.500. The third-order valence-corrected chi connectivity index (χ3v) is 5.43. The van der Waals surface area contributed by atoms with Crippen LogP contribution in [0.1, 0.15) is 24.4 Å². The van der Waals surface area contributed by atoms with Crippen molar-refractivity contribution in [2.75, 3.05) is 18.5 Å². The topological polar surface area (TPSA) is 28.2 Å². The smallest absolute Gasteiger partial charge is 0.185 e. The lowest BCUT2D eigenvalue weighted by Crippen LogP contribution is -2.19. The molecule has 0 unspecified atom stereocenters. The Morgan fingerprint density at radius 3 is 2.80 bits per heavy atom. The molecule has 0 amide bonds. The first-order valence-electron chi connectivity index (χ1n) is 6.63. The quantitative estimate of drug-likeness (QED) is 0.781. The van der Waals surface area contributed by atoms with Crippen LogP contribution in [0.15, 0.2) is 21.3 Å². The highest BCUT2D eigenvalue weighted by Gasteiger charge is 2.09. The molecule has 6 heteroatoms. The molecular weight excluding hydrogens is 354 g/mol. The fourth-order valence-corrected chi connectivity index (χ4v) is 4.08. The van der Waals surface area contributed by atoms with E-state index in [1.54, 1.807) is 22.7 Å². The maximum absolute atomic E-state index is 4.68. The molecule has 0 spiro atoms. The third-order valence-electron chi connectivity index (χ3n) is 2.74. The maximum Gasteiger partial charge on any atom is 0.185 e. The molecule has 0 fully saturated rings. The van der Waals surface area contributed by atoms with Gasteiger partial charge in [-0.3, -0.25) is 0 Å². The average molecular weight is 374 g/mol. The van der Waals surface area contributed by atoms with Gasteiger partial charge >= 0.3 is 0 Å². The zero-order chi connectivity index (χ0) is 14.5. The molecule has 0 saturated heterocycles. The Hall–Kier alpha value is -0.430. The SMILES string of the molecule is CC(C)CNCc1csc(N(C)Cc2cc(Br)cs2)n1. The van der Waals surface area contributed by atoms with Crippen molar-refractivity contribution in [2.45, 2.75) is 26.9 Å². The van der Waals surface area contributed by atoms with Crippen LogP contribution in [-0.4, -0.2) is 18.6 Å². The molecule has 0 aliphatic carbocycles. The Kier molecular flexibility index (Phi) is 6.01. The Morgan fingerprint density at radius 1 is 1.35 bits per heavy atom. The van der Waals surface area contributed by atoms with E-state index >= 15 is 0 Å². The van der Waals surface area contributed by atoms with Crippen LogP contribution in [0.3, 0.4) is 0 Å². The van der Waals surface area contributed by atoms with Crippen LogP contribution in [0.5, 0.6) is 0 Å². The van der Waals surface area contributed by atoms with E-state index in [4.69, 9.17) is 0 Å². The lowest BCUT2D eigenvalue weighted by molar-refractivity contribution is 0.549. The number of nitrogens with one attached hydrogen (secondary N) is 1. The highest BCUT2D eigenvalue weighted by atomic mass is 79.9. The van der Waals surface area contributed by atoms with E-state index < -0.39 is 0 Å². The number of halogens is 1. The van der Waals surface area contributed by atoms with E-state index in [1.807, 2.05) is 0 Å². The summed E-state index contributed by atoms with van der Waals surface area (Å²) in [5, 5.41) is 8.77. The summed E-state index contributed by atoms with van der Waals surface area (Å²) in [6.07, 6.45) is 0. The Labute approximate surface area is 137 Å². The summed E-state index contributed by atoms with van der Waals surface area (Å²) in [7, 11) is 2.10. The molecular formula is C14H20BrN3S2. The maximum atomic E-state index is 4.68. The first kappa shape index (κ1) is 15.9. The highest BCUT2D eigenvalue weighted by Crippen LogP contribution is 2.25. The minimum absolute atomic E-state index is 0.674. The molecule has 3 nitrogen and oxygen atoms in total. The molecule has 2 aromatic heterocycles. The number of hydrogen-bond acceptors (Lipinski definition) is 5. The van der Waals surface area contributed by atoms with E-state index in [2.05, 4.69) is 68.9 Å². The normalized spacial score (nSPS) is 11.2. The highest BCUT2D eigenvalue weighted by molar-refractivity contribution is 9.10. The van der Waals surface area contributed by atoms with E-state index in [9.17, 15) is 0 Å². The molecule has 1 N–H and O–H groups in total. The van der Waals surface area contributed by atoms with Gasteiger partial charge in [-0.25, -0.2) is 4.98 Å². The van der Waals surface area contributed by atoms with Gasteiger partial charge in [0.1, 0.15) is 0 Å². The molecule has 20 heavy (non-hydrogen) atoms. The molecule has 0 saturated carbocycles. The molecule has 2 rings (SSSR count). The third kappa shape index (κ3) is 4.84. The summed E-state index contributed by atoms with van der Waals surface area (Å²) in [4.78, 5) is 8.23. The summed E-state index contributed by atoms with van der Waals surface area (Å²) < 4.78 is 1.16. The van der Waals surface area contributed by atoms with Crippen molar-refractivity contribution in [2.24, 2.45) is 5.92 Å². The second kappa shape index (κ2) is 7.54. The summed E-state index contributed by atoms with van der Waals surface area (Å²) in [5.41, 5.74) is 1.13. The monoisotopic (exact) mass is 373 g/mol.